The first-order valence-corrected chi connectivity index (χ1v) is 12.9. The van der Waals surface area contributed by atoms with E-state index in [0.29, 0.717) is 0 Å². The van der Waals surface area contributed by atoms with E-state index in [1.54, 1.807) is 5.57 Å². The third-order valence-corrected chi connectivity index (χ3v) is 7.67. The molecule has 2 aliphatic heterocycles. The molecule has 1 saturated heterocycles. The van der Waals surface area contributed by atoms with Crippen LogP contribution in [0.25, 0.3) is 11.6 Å². The number of carbonyl (C=O) groups is 1. The predicted octanol–water partition coefficient (Wildman–Crippen LogP) is 6.86. The van der Waals surface area contributed by atoms with E-state index in [1.807, 2.05) is 36.0 Å². The van der Waals surface area contributed by atoms with Gasteiger partial charge in [0, 0.05) is 42.9 Å². The van der Waals surface area contributed by atoms with E-state index in [1.165, 1.54) is 34.1 Å². The van der Waals surface area contributed by atoms with E-state index < -0.39 is 0 Å². The summed E-state index contributed by atoms with van der Waals surface area (Å²) in [4.78, 5) is 15.1. The molecule has 1 N–H and O–H groups in total. The SMILES string of the molecule is CC(=O)Nc1ccc(/C=C/CN2CCC(=C3c4ccccc4CSc4ccccc43)CC2)cc1. The van der Waals surface area contributed by atoms with Crippen molar-refractivity contribution in [3.63, 3.8) is 0 Å². The van der Waals surface area contributed by atoms with Crippen molar-refractivity contribution in [2.75, 3.05) is 25.0 Å². The standard InChI is InChI=1S/C30H30N2OS/c1-22(33)31-26-14-12-23(13-15-26)7-6-18-32-19-16-24(17-20-32)30-27-9-3-2-8-25(27)21-34-29-11-5-4-10-28(29)30/h2-15H,16-21H2,1H3,(H,31,33)/b7-6+. The van der Waals surface area contributed by atoms with Gasteiger partial charge in [0.05, 0.1) is 0 Å². The van der Waals surface area contributed by atoms with Crippen LogP contribution in [-0.2, 0) is 10.5 Å². The number of amides is 1. The van der Waals surface area contributed by atoms with Crippen LogP contribution in [0.4, 0.5) is 5.69 Å². The van der Waals surface area contributed by atoms with Crippen LogP contribution in [-0.4, -0.2) is 30.4 Å². The number of carbonyl (C=O) groups excluding carboxylic acids is 1. The highest BCUT2D eigenvalue weighted by molar-refractivity contribution is 7.98. The molecule has 0 bridgehead atoms. The predicted molar refractivity (Wildman–Crippen MR) is 144 cm³/mol. The molecule has 0 spiro atoms. The molecule has 0 aromatic heterocycles. The first kappa shape index (κ1) is 22.7. The molecule has 2 aliphatic rings. The molecule has 5 rings (SSSR count). The second-order valence-electron chi connectivity index (χ2n) is 8.93. The number of hydrogen-bond donors (Lipinski definition) is 1. The molecule has 3 aromatic carbocycles. The highest BCUT2D eigenvalue weighted by atomic mass is 32.2. The normalized spacial score (nSPS) is 16.1. The molecule has 3 aromatic rings. The Morgan fingerprint density at radius 3 is 2.41 bits per heavy atom. The van der Waals surface area contributed by atoms with Gasteiger partial charge in [-0.2, -0.15) is 0 Å². The van der Waals surface area contributed by atoms with E-state index >= 15 is 0 Å². The van der Waals surface area contributed by atoms with Gasteiger partial charge >= 0.3 is 0 Å². The third-order valence-electron chi connectivity index (χ3n) is 6.54. The summed E-state index contributed by atoms with van der Waals surface area (Å²) in [5.74, 6) is 0.990. The van der Waals surface area contributed by atoms with Gasteiger partial charge in [0.2, 0.25) is 5.91 Å². The van der Waals surface area contributed by atoms with Gasteiger partial charge in [-0.15, -0.1) is 11.8 Å². The molecule has 0 unspecified atom stereocenters. The van der Waals surface area contributed by atoms with Crippen LogP contribution in [0.5, 0.6) is 0 Å². The zero-order valence-electron chi connectivity index (χ0n) is 19.6. The van der Waals surface area contributed by atoms with Gasteiger partial charge in [0.15, 0.2) is 0 Å². The van der Waals surface area contributed by atoms with Gasteiger partial charge in [0.1, 0.15) is 0 Å². The number of thioether (sulfide) groups is 1. The van der Waals surface area contributed by atoms with Crippen LogP contribution in [0, 0.1) is 0 Å². The highest BCUT2D eigenvalue weighted by Crippen LogP contribution is 2.43. The number of fused-ring (bicyclic) bond motifs is 2. The molecule has 1 amide bonds. The van der Waals surface area contributed by atoms with Crippen molar-refractivity contribution < 1.29 is 4.79 Å². The quantitative estimate of drug-likeness (QED) is 0.456. The monoisotopic (exact) mass is 466 g/mol. The fraction of sp³-hybridized carbons (Fsp3) is 0.233. The van der Waals surface area contributed by atoms with Gasteiger partial charge in [-0.25, -0.2) is 0 Å². The minimum absolute atomic E-state index is 0.0442. The maximum Gasteiger partial charge on any atom is 0.221 e. The van der Waals surface area contributed by atoms with E-state index in [4.69, 9.17) is 0 Å². The summed E-state index contributed by atoms with van der Waals surface area (Å²) in [6.07, 6.45) is 6.64. The number of likely N-dealkylation sites (tertiary alicyclic amines) is 1. The number of benzene rings is 3. The number of hydrogen-bond acceptors (Lipinski definition) is 3. The summed E-state index contributed by atoms with van der Waals surface area (Å²) < 4.78 is 0. The maximum atomic E-state index is 11.2. The fourth-order valence-corrected chi connectivity index (χ4v) is 5.91. The molecule has 34 heavy (non-hydrogen) atoms. The first-order chi connectivity index (χ1) is 16.7. The lowest BCUT2D eigenvalue weighted by Crippen LogP contribution is -2.31. The van der Waals surface area contributed by atoms with Crippen LogP contribution >= 0.6 is 11.8 Å². The zero-order chi connectivity index (χ0) is 23.3. The average Bonchev–Trinajstić information content (AvgIpc) is 3.02. The van der Waals surface area contributed by atoms with Crippen LogP contribution in [0.3, 0.4) is 0 Å². The summed E-state index contributed by atoms with van der Waals surface area (Å²) in [6.45, 7) is 4.66. The average molecular weight is 467 g/mol. The molecular weight excluding hydrogens is 436 g/mol. The van der Waals surface area contributed by atoms with E-state index in [-0.39, 0.29) is 5.91 Å². The molecule has 0 atom stereocenters. The van der Waals surface area contributed by atoms with Crippen molar-refractivity contribution >= 4 is 35.0 Å². The fourth-order valence-electron chi connectivity index (χ4n) is 4.84. The van der Waals surface area contributed by atoms with Gasteiger partial charge in [-0.1, -0.05) is 72.3 Å². The van der Waals surface area contributed by atoms with Gasteiger partial charge in [-0.05, 0) is 58.9 Å². The molecule has 3 nitrogen and oxygen atoms in total. The lowest BCUT2D eigenvalue weighted by Gasteiger charge is -2.29. The maximum absolute atomic E-state index is 11.2. The van der Waals surface area contributed by atoms with Gasteiger partial charge < -0.3 is 5.32 Å². The van der Waals surface area contributed by atoms with Crippen molar-refractivity contribution in [1.29, 1.82) is 0 Å². The Labute approximate surface area is 206 Å². The Balaban J connectivity index is 1.28. The van der Waals surface area contributed by atoms with E-state index in [9.17, 15) is 4.79 Å². The van der Waals surface area contributed by atoms with Crippen LogP contribution in [0.15, 0.2) is 89.3 Å². The second-order valence-corrected chi connectivity index (χ2v) is 9.94. The number of nitrogens with one attached hydrogen (secondary N) is 1. The smallest absolute Gasteiger partial charge is 0.221 e. The number of piperidine rings is 1. The van der Waals surface area contributed by atoms with Crippen molar-refractivity contribution in [2.24, 2.45) is 0 Å². The Morgan fingerprint density at radius 2 is 1.65 bits per heavy atom. The first-order valence-electron chi connectivity index (χ1n) is 12.0. The largest absolute Gasteiger partial charge is 0.326 e. The summed E-state index contributed by atoms with van der Waals surface area (Å²) >= 11 is 1.96. The number of nitrogens with zero attached hydrogens (tertiary/aromatic N) is 1. The van der Waals surface area contributed by atoms with E-state index in [0.717, 1.165) is 49.5 Å². The van der Waals surface area contributed by atoms with Crippen LogP contribution < -0.4 is 5.32 Å². The molecular formula is C30H30N2OS. The van der Waals surface area contributed by atoms with Crippen molar-refractivity contribution in [3.05, 3.63) is 107 Å². The Bertz CT molecular complexity index is 1180. The van der Waals surface area contributed by atoms with Crippen molar-refractivity contribution in [2.45, 2.75) is 30.4 Å². The van der Waals surface area contributed by atoms with Crippen LogP contribution in [0.1, 0.15) is 42.0 Å². The minimum atomic E-state index is -0.0442. The molecule has 1 fully saturated rings. The summed E-state index contributed by atoms with van der Waals surface area (Å²) in [5.41, 5.74) is 9.33. The lowest BCUT2D eigenvalue weighted by molar-refractivity contribution is -0.114. The molecule has 2 heterocycles. The Morgan fingerprint density at radius 1 is 0.941 bits per heavy atom. The number of rotatable bonds is 4. The highest BCUT2D eigenvalue weighted by Gasteiger charge is 2.23. The lowest BCUT2D eigenvalue weighted by atomic mass is 9.86. The molecule has 172 valence electrons. The summed E-state index contributed by atoms with van der Waals surface area (Å²) in [7, 11) is 0. The van der Waals surface area contributed by atoms with E-state index in [2.05, 4.69) is 70.9 Å². The summed E-state index contributed by atoms with van der Waals surface area (Å²) in [5, 5.41) is 2.81. The molecule has 0 aliphatic carbocycles. The topological polar surface area (TPSA) is 32.3 Å². The Hall–Kier alpha value is -3.08. The Kier molecular flexibility index (Phi) is 6.98. The van der Waals surface area contributed by atoms with Gasteiger partial charge in [0.25, 0.3) is 0 Å². The van der Waals surface area contributed by atoms with Crippen molar-refractivity contribution in [3.8, 4) is 0 Å². The zero-order valence-corrected chi connectivity index (χ0v) is 20.4. The number of anilines is 1. The molecule has 4 heteroatoms. The molecule has 0 saturated carbocycles. The van der Waals surface area contributed by atoms with Gasteiger partial charge in [-0.3, -0.25) is 9.69 Å². The third kappa shape index (κ3) is 5.19. The minimum Gasteiger partial charge on any atom is -0.326 e. The van der Waals surface area contributed by atoms with Crippen LogP contribution in [0.2, 0.25) is 0 Å². The molecule has 0 radical (unpaired) electrons. The second kappa shape index (κ2) is 10.5. The summed E-state index contributed by atoms with van der Waals surface area (Å²) in [6, 6.07) is 25.8. The van der Waals surface area contributed by atoms with Crippen molar-refractivity contribution in [1.82, 2.24) is 4.90 Å².